The molecular formula is C11H18O4. The number of hydrogen-bond acceptors (Lipinski definition) is 3. The van der Waals surface area contributed by atoms with E-state index >= 15 is 0 Å². The molecule has 0 saturated heterocycles. The van der Waals surface area contributed by atoms with Crippen LogP contribution in [0.4, 0.5) is 0 Å². The Morgan fingerprint density at radius 3 is 2.27 bits per heavy atom. The molecule has 0 radical (unpaired) electrons. The fraction of sp³-hybridized carbons (Fsp3) is 0.818. The Hall–Kier alpha value is -1.06. The standard InChI is InChI=1S/C11H18O4/c1-11(2,3)15-10(14)8-4-7(5-8)6-9(12)13/h7-8H,4-6H2,1-3H3,(H,12,13). The van der Waals surface area contributed by atoms with Crippen molar-refractivity contribution >= 4 is 11.9 Å². The Morgan fingerprint density at radius 2 is 1.87 bits per heavy atom. The van der Waals surface area contributed by atoms with Gasteiger partial charge in [-0.05, 0) is 39.5 Å². The molecule has 0 aromatic rings. The molecule has 4 nitrogen and oxygen atoms in total. The normalized spacial score (nSPS) is 25.5. The van der Waals surface area contributed by atoms with Crippen LogP contribution in [0.1, 0.15) is 40.0 Å². The first-order valence-corrected chi connectivity index (χ1v) is 5.22. The van der Waals surface area contributed by atoms with Gasteiger partial charge in [-0.3, -0.25) is 9.59 Å². The second-order valence-corrected chi connectivity index (χ2v) is 5.17. The number of esters is 1. The Morgan fingerprint density at radius 1 is 1.33 bits per heavy atom. The van der Waals surface area contributed by atoms with Gasteiger partial charge in [0.25, 0.3) is 0 Å². The minimum atomic E-state index is -0.789. The zero-order chi connectivity index (χ0) is 11.6. The molecule has 0 aliphatic heterocycles. The molecule has 0 atom stereocenters. The quantitative estimate of drug-likeness (QED) is 0.728. The van der Waals surface area contributed by atoms with Crippen molar-refractivity contribution in [1.82, 2.24) is 0 Å². The molecule has 1 rings (SSSR count). The summed E-state index contributed by atoms with van der Waals surface area (Å²) in [7, 11) is 0. The molecule has 1 fully saturated rings. The average Bonchev–Trinajstić information content (AvgIpc) is 1.91. The molecule has 1 saturated carbocycles. The Kier molecular flexibility index (Phi) is 3.37. The minimum absolute atomic E-state index is 0.0893. The van der Waals surface area contributed by atoms with Gasteiger partial charge in [-0.2, -0.15) is 0 Å². The molecule has 1 aliphatic rings. The molecule has 0 heterocycles. The van der Waals surface area contributed by atoms with E-state index in [1.165, 1.54) is 0 Å². The van der Waals surface area contributed by atoms with Crippen LogP contribution >= 0.6 is 0 Å². The lowest BCUT2D eigenvalue weighted by atomic mass is 9.73. The SMILES string of the molecule is CC(C)(C)OC(=O)C1CC(CC(=O)O)C1. The topological polar surface area (TPSA) is 63.6 Å². The molecular weight excluding hydrogens is 196 g/mol. The smallest absolute Gasteiger partial charge is 0.309 e. The first-order chi connectivity index (χ1) is 6.78. The van der Waals surface area contributed by atoms with Crippen molar-refractivity contribution in [3.05, 3.63) is 0 Å². The summed E-state index contributed by atoms with van der Waals surface area (Å²) in [6, 6.07) is 0. The monoisotopic (exact) mass is 214 g/mol. The lowest BCUT2D eigenvalue weighted by Gasteiger charge is -2.34. The van der Waals surface area contributed by atoms with Gasteiger partial charge in [0.2, 0.25) is 0 Å². The van der Waals surface area contributed by atoms with Crippen LogP contribution in [0.5, 0.6) is 0 Å². The highest BCUT2D eigenvalue weighted by Crippen LogP contribution is 2.37. The van der Waals surface area contributed by atoms with Gasteiger partial charge in [0.1, 0.15) is 5.60 Å². The molecule has 1 N–H and O–H groups in total. The zero-order valence-electron chi connectivity index (χ0n) is 9.45. The van der Waals surface area contributed by atoms with Gasteiger partial charge in [-0.25, -0.2) is 0 Å². The molecule has 0 amide bonds. The van der Waals surface area contributed by atoms with Gasteiger partial charge in [-0.15, -0.1) is 0 Å². The van der Waals surface area contributed by atoms with Crippen LogP contribution in [-0.4, -0.2) is 22.6 Å². The third-order valence-corrected chi connectivity index (χ3v) is 2.44. The number of carboxylic acids is 1. The molecule has 0 spiro atoms. The number of rotatable bonds is 3. The van der Waals surface area contributed by atoms with Gasteiger partial charge in [-0.1, -0.05) is 0 Å². The van der Waals surface area contributed by atoms with Crippen LogP contribution in [0.2, 0.25) is 0 Å². The van der Waals surface area contributed by atoms with E-state index in [4.69, 9.17) is 9.84 Å². The Balaban J connectivity index is 2.27. The number of carbonyl (C=O) groups is 2. The second kappa shape index (κ2) is 4.21. The van der Waals surface area contributed by atoms with Crippen LogP contribution in [0.25, 0.3) is 0 Å². The van der Waals surface area contributed by atoms with Crippen molar-refractivity contribution in [3.63, 3.8) is 0 Å². The molecule has 86 valence electrons. The fourth-order valence-electron chi connectivity index (χ4n) is 1.73. The van der Waals surface area contributed by atoms with E-state index in [1.807, 2.05) is 20.8 Å². The van der Waals surface area contributed by atoms with Gasteiger partial charge in [0.15, 0.2) is 0 Å². The average molecular weight is 214 g/mol. The predicted octanol–water partition coefficient (Wildman–Crippen LogP) is 1.83. The van der Waals surface area contributed by atoms with Crippen LogP contribution in [0.15, 0.2) is 0 Å². The highest BCUT2D eigenvalue weighted by molar-refractivity contribution is 5.74. The lowest BCUT2D eigenvalue weighted by Crippen LogP contribution is -2.36. The summed E-state index contributed by atoms with van der Waals surface area (Å²) in [5.41, 5.74) is -0.449. The Labute approximate surface area is 89.6 Å². The van der Waals surface area contributed by atoms with E-state index in [0.29, 0.717) is 12.8 Å². The van der Waals surface area contributed by atoms with Crippen molar-refractivity contribution in [2.24, 2.45) is 11.8 Å². The number of aliphatic carboxylic acids is 1. The summed E-state index contributed by atoms with van der Waals surface area (Å²) in [6.07, 6.45) is 1.47. The fourth-order valence-corrected chi connectivity index (χ4v) is 1.73. The predicted molar refractivity (Wildman–Crippen MR) is 54.3 cm³/mol. The molecule has 0 unspecified atom stereocenters. The van der Waals surface area contributed by atoms with Crippen molar-refractivity contribution in [3.8, 4) is 0 Å². The summed E-state index contributed by atoms with van der Waals surface area (Å²) >= 11 is 0. The van der Waals surface area contributed by atoms with Gasteiger partial charge in [0.05, 0.1) is 5.92 Å². The van der Waals surface area contributed by atoms with E-state index < -0.39 is 11.6 Å². The highest BCUT2D eigenvalue weighted by Gasteiger charge is 2.37. The van der Waals surface area contributed by atoms with Crippen molar-refractivity contribution in [2.45, 2.75) is 45.6 Å². The maximum Gasteiger partial charge on any atom is 0.309 e. The largest absolute Gasteiger partial charge is 0.481 e. The van der Waals surface area contributed by atoms with Crippen LogP contribution in [-0.2, 0) is 14.3 Å². The zero-order valence-corrected chi connectivity index (χ0v) is 9.45. The van der Waals surface area contributed by atoms with Gasteiger partial charge >= 0.3 is 11.9 Å². The number of hydrogen-bond donors (Lipinski definition) is 1. The molecule has 0 bridgehead atoms. The summed E-state index contributed by atoms with van der Waals surface area (Å²) in [4.78, 5) is 21.9. The van der Waals surface area contributed by atoms with Crippen molar-refractivity contribution in [2.75, 3.05) is 0 Å². The number of carbonyl (C=O) groups excluding carboxylic acids is 1. The van der Waals surface area contributed by atoms with Crippen LogP contribution in [0, 0.1) is 11.8 Å². The third-order valence-electron chi connectivity index (χ3n) is 2.44. The van der Waals surface area contributed by atoms with Gasteiger partial charge in [0, 0.05) is 6.42 Å². The lowest BCUT2D eigenvalue weighted by molar-refractivity contribution is -0.166. The molecule has 0 aromatic carbocycles. The summed E-state index contributed by atoms with van der Waals surface area (Å²) < 4.78 is 5.21. The van der Waals surface area contributed by atoms with E-state index in [-0.39, 0.29) is 24.2 Å². The van der Waals surface area contributed by atoms with Crippen LogP contribution in [0.3, 0.4) is 0 Å². The minimum Gasteiger partial charge on any atom is -0.481 e. The maximum absolute atomic E-state index is 11.5. The number of ether oxygens (including phenoxy) is 1. The molecule has 4 heteroatoms. The summed E-state index contributed by atoms with van der Waals surface area (Å²) in [5.74, 6) is -0.916. The third kappa shape index (κ3) is 3.90. The molecule has 0 aromatic heterocycles. The number of carboxylic acid groups (broad SMARTS) is 1. The van der Waals surface area contributed by atoms with E-state index in [9.17, 15) is 9.59 Å². The summed E-state index contributed by atoms with van der Waals surface area (Å²) in [6.45, 7) is 5.49. The molecule has 15 heavy (non-hydrogen) atoms. The van der Waals surface area contributed by atoms with Crippen molar-refractivity contribution in [1.29, 1.82) is 0 Å². The van der Waals surface area contributed by atoms with E-state index in [2.05, 4.69) is 0 Å². The van der Waals surface area contributed by atoms with E-state index in [0.717, 1.165) is 0 Å². The first-order valence-electron chi connectivity index (χ1n) is 5.22. The molecule has 1 aliphatic carbocycles. The highest BCUT2D eigenvalue weighted by atomic mass is 16.6. The van der Waals surface area contributed by atoms with E-state index in [1.54, 1.807) is 0 Å². The van der Waals surface area contributed by atoms with Gasteiger partial charge < -0.3 is 9.84 Å². The van der Waals surface area contributed by atoms with Crippen LogP contribution < -0.4 is 0 Å². The second-order valence-electron chi connectivity index (χ2n) is 5.17. The first kappa shape index (κ1) is 12.0. The van der Waals surface area contributed by atoms with Crippen molar-refractivity contribution < 1.29 is 19.4 Å². The Bertz CT molecular complexity index is 258. The summed E-state index contributed by atoms with van der Waals surface area (Å²) in [5, 5.41) is 8.54. The maximum atomic E-state index is 11.5.